The number of likely N-dealkylation sites (N-methyl/N-ethyl adjacent to an activating group) is 1. The number of nitrogens with two attached hydrogens (primary N) is 1. The van der Waals surface area contributed by atoms with Crippen LogP contribution in [-0.2, 0) is 10.0 Å². The Bertz CT molecular complexity index is 634. The Morgan fingerprint density at radius 1 is 1.41 bits per heavy atom. The monoisotopic (exact) mass is 329 g/mol. The average Bonchev–Trinajstić information content (AvgIpc) is 2.47. The van der Waals surface area contributed by atoms with Gasteiger partial charge in [-0.1, -0.05) is 13.3 Å². The molecule has 1 heterocycles. The minimum atomic E-state index is -3.96. The molecular weight excluding hydrogens is 305 g/mol. The van der Waals surface area contributed by atoms with E-state index in [1.54, 1.807) is 6.92 Å². The summed E-state index contributed by atoms with van der Waals surface area (Å²) in [5, 5.41) is 8.35. The third-order valence-electron chi connectivity index (χ3n) is 4.25. The molecule has 1 aliphatic heterocycles. The normalized spacial score (nSPS) is 20.1. The van der Waals surface area contributed by atoms with Crippen LogP contribution in [0.25, 0.3) is 0 Å². The Balaban J connectivity index is 2.20. The Morgan fingerprint density at radius 3 is 2.77 bits per heavy atom. The minimum Gasteiger partial charge on any atom is -0.382 e. The SMILES string of the molecule is CCN1CCCCC1CNc1cc(C)c(F)cc1S(N)(=O)=O. The minimum absolute atomic E-state index is 0.186. The molecule has 1 atom stereocenters. The molecule has 0 bridgehead atoms. The molecule has 1 saturated heterocycles. The fourth-order valence-corrected chi connectivity index (χ4v) is 3.68. The highest BCUT2D eigenvalue weighted by Gasteiger charge is 2.22. The Morgan fingerprint density at radius 2 is 2.14 bits per heavy atom. The van der Waals surface area contributed by atoms with Gasteiger partial charge in [-0.2, -0.15) is 0 Å². The molecular formula is C15H24FN3O2S. The number of halogens is 1. The van der Waals surface area contributed by atoms with E-state index < -0.39 is 15.8 Å². The first-order valence-electron chi connectivity index (χ1n) is 7.63. The Hall–Kier alpha value is -1.18. The number of anilines is 1. The summed E-state index contributed by atoms with van der Waals surface area (Å²) >= 11 is 0. The third kappa shape index (κ3) is 3.97. The number of rotatable bonds is 5. The zero-order valence-electron chi connectivity index (χ0n) is 13.1. The lowest BCUT2D eigenvalue weighted by Crippen LogP contribution is -2.43. The number of primary sulfonamides is 1. The lowest BCUT2D eigenvalue weighted by molar-refractivity contribution is 0.164. The van der Waals surface area contributed by atoms with E-state index >= 15 is 0 Å². The van der Waals surface area contributed by atoms with Gasteiger partial charge in [0.1, 0.15) is 10.7 Å². The number of nitrogens with zero attached hydrogens (tertiary/aromatic N) is 1. The molecule has 124 valence electrons. The summed E-state index contributed by atoms with van der Waals surface area (Å²) in [5.74, 6) is -0.567. The van der Waals surface area contributed by atoms with Crippen molar-refractivity contribution in [2.75, 3.05) is 25.0 Å². The fraction of sp³-hybridized carbons (Fsp3) is 0.600. The first-order valence-corrected chi connectivity index (χ1v) is 9.18. The molecule has 0 aromatic heterocycles. The summed E-state index contributed by atoms with van der Waals surface area (Å²) in [5.41, 5.74) is 0.772. The zero-order chi connectivity index (χ0) is 16.3. The van der Waals surface area contributed by atoms with Crippen LogP contribution in [0.1, 0.15) is 31.7 Å². The van der Waals surface area contributed by atoms with E-state index in [1.165, 1.54) is 18.9 Å². The van der Waals surface area contributed by atoms with Crippen molar-refractivity contribution in [1.29, 1.82) is 0 Å². The number of likely N-dealkylation sites (tertiary alicyclic amines) is 1. The predicted octanol–water partition coefficient (Wildman–Crippen LogP) is 2.07. The van der Waals surface area contributed by atoms with Crippen LogP contribution in [0.5, 0.6) is 0 Å². The molecule has 1 fully saturated rings. The smallest absolute Gasteiger partial charge is 0.240 e. The van der Waals surface area contributed by atoms with Crippen LogP contribution >= 0.6 is 0 Å². The molecule has 0 amide bonds. The van der Waals surface area contributed by atoms with Crippen molar-refractivity contribution in [2.45, 2.75) is 44.0 Å². The van der Waals surface area contributed by atoms with E-state index in [0.717, 1.165) is 25.6 Å². The molecule has 1 unspecified atom stereocenters. The van der Waals surface area contributed by atoms with Crippen LogP contribution in [0.2, 0.25) is 0 Å². The molecule has 5 nitrogen and oxygen atoms in total. The molecule has 2 rings (SSSR count). The highest BCUT2D eigenvalue weighted by Crippen LogP contribution is 2.25. The standard InChI is InChI=1S/C15H24FN3O2S/c1-3-19-7-5-4-6-12(19)10-18-14-8-11(2)13(16)9-15(14)22(17,20)21/h8-9,12,18H,3-7,10H2,1-2H3,(H2,17,20,21). The van der Waals surface area contributed by atoms with Crippen molar-refractivity contribution in [3.63, 3.8) is 0 Å². The van der Waals surface area contributed by atoms with Crippen molar-refractivity contribution in [3.05, 3.63) is 23.5 Å². The first-order chi connectivity index (χ1) is 10.3. The topological polar surface area (TPSA) is 75.4 Å². The van der Waals surface area contributed by atoms with Gasteiger partial charge in [-0.15, -0.1) is 0 Å². The Kier molecular flexibility index (Phi) is 5.41. The van der Waals surface area contributed by atoms with E-state index in [-0.39, 0.29) is 4.90 Å². The largest absolute Gasteiger partial charge is 0.382 e. The van der Waals surface area contributed by atoms with Gasteiger partial charge < -0.3 is 5.32 Å². The average molecular weight is 329 g/mol. The van der Waals surface area contributed by atoms with Crippen molar-refractivity contribution in [1.82, 2.24) is 4.90 Å². The van der Waals surface area contributed by atoms with E-state index in [0.29, 0.717) is 23.8 Å². The molecule has 0 saturated carbocycles. The number of piperidine rings is 1. The van der Waals surface area contributed by atoms with Gasteiger partial charge in [-0.3, -0.25) is 4.90 Å². The molecule has 7 heteroatoms. The van der Waals surface area contributed by atoms with Crippen LogP contribution < -0.4 is 10.5 Å². The van der Waals surface area contributed by atoms with Crippen molar-refractivity contribution in [2.24, 2.45) is 5.14 Å². The van der Waals surface area contributed by atoms with Gasteiger partial charge in [0.25, 0.3) is 0 Å². The number of hydrogen-bond acceptors (Lipinski definition) is 4. The van der Waals surface area contributed by atoms with E-state index in [9.17, 15) is 12.8 Å². The molecule has 22 heavy (non-hydrogen) atoms. The zero-order valence-corrected chi connectivity index (χ0v) is 13.9. The summed E-state index contributed by atoms with van der Waals surface area (Å²) in [7, 11) is -3.96. The number of aryl methyl sites for hydroxylation is 1. The number of nitrogens with one attached hydrogen (secondary N) is 1. The summed E-state index contributed by atoms with van der Waals surface area (Å²) in [6.07, 6.45) is 3.45. The number of benzene rings is 1. The molecule has 0 aliphatic carbocycles. The summed E-state index contributed by atoms with van der Waals surface area (Å²) < 4.78 is 36.9. The van der Waals surface area contributed by atoms with Gasteiger partial charge in [-0.25, -0.2) is 17.9 Å². The quantitative estimate of drug-likeness (QED) is 0.867. The van der Waals surface area contributed by atoms with Gasteiger partial charge >= 0.3 is 0 Å². The number of hydrogen-bond donors (Lipinski definition) is 2. The molecule has 1 aromatic rings. The first kappa shape index (κ1) is 17.2. The van der Waals surface area contributed by atoms with Crippen molar-refractivity contribution in [3.8, 4) is 0 Å². The molecule has 1 aromatic carbocycles. The van der Waals surface area contributed by atoms with E-state index in [4.69, 9.17) is 5.14 Å². The molecule has 3 N–H and O–H groups in total. The molecule has 1 aliphatic rings. The Labute approximate surface area is 131 Å². The maximum atomic E-state index is 13.6. The van der Waals surface area contributed by atoms with Gasteiger partial charge in [0.05, 0.1) is 5.69 Å². The van der Waals surface area contributed by atoms with E-state index in [2.05, 4.69) is 17.1 Å². The number of sulfonamides is 1. The second-order valence-corrected chi connectivity index (χ2v) is 7.33. The van der Waals surface area contributed by atoms with Gasteiger partial charge in [-0.05, 0) is 50.6 Å². The van der Waals surface area contributed by atoms with Crippen molar-refractivity contribution >= 4 is 15.7 Å². The van der Waals surface area contributed by atoms with E-state index in [1.807, 2.05) is 0 Å². The molecule has 0 spiro atoms. The highest BCUT2D eigenvalue weighted by atomic mass is 32.2. The molecule has 0 radical (unpaired) electrons. The predicted molar refractivity (Wildman–Crippen MR) is 85.9 cm³/mol. The van der Waals surface area contributed by atoms with Crippen LogP contribution in [0, 0.1) is 12.7 Å². The summed E-state index contributed by atoms with van der Waals surface area (Å²) in [4.78, 5) is 2.19. The maximum absolute atomic E-state index is 13.6. The second kappa shape index (κ2) is 6.93. The van der Waals surface area contributed by atoms with Gasteiger partial charge in [0.15, 0.2) is 0 Å². The van der Waals surface area contributed by atoms with Crippen LogP contribution in [0.3, 0.4) is 0 Å². The van der Waals surface area contributed by atoms with Crippen molar-refractivity contribution < 1.29 is 12.8 Å². The van der Waals surface area contributed by atoms with Crippen LogP contribution in [-0.4, -0.2) is 39.0 Å². The maximum Gasteiger partial charge on any atom is 0.240 e. The van der Waals surface area contributed by atoms with Crippen LogP contribution in [0.4, 0.5) is 10.1 Å². The highest BCUT2D eigenvalue weighted by molar-refractivity contribution is 7.89. The second-order valence-electron chi connectivity index (χ2n) is 5.80. The lowest BCUT2D eigenvalue weighted by atomic mass is 10.0. The van der Waals surface area contributed by atoms with Crippen LogP contribution in [0.15, 0.2) is 17.0 Å². The van der Waals surface area contributed by atoms with Gasteiger partial charge in [0.2, 0.25) is 10.0 Å². The fourth-order valence-electron chi connectivity index (χ4n) is 2.97. The summed E-state index contributed by atoms with van der Waals surface area (Å²) in [6.45, 7) is 6.38. The lowest BCUT2D eigenvalue weighted by Gasteiger charge is -2.35. The third-order valence-corrected chi connectivity index (χ3v) is 5.20. The van der Waals surface area contributed by atoms with Gasteiger partial charge in [0, 0.05) is 12.6 Å². The summed E-state index contributed by atoms with van der Waals surface area (Å²) in [6, 6.07) is 2.86.